The van der Waals surface area contributed by atoms with Gasteiger partial charge in [0.15, 0.2) is 0 Å². The van der Waals surface area contributed by atoms with Gasteiger partial charge in [-0.25, -0.2) is 4.39 Å². The number of anilines is 1. The van der Waals surface area contributed by atoms with Gasteiger partial charge in [0.05, 0.1) is 5.56 Å². The third-order valence-electron chi connectivity index (χ3n) is 5.04. The van der Waals surface area contributed by atoms with E-state index in [1.54, 1.807) is 0 Å². The van der Waals surface area contributed by atoms with Crippen molar-refractivity contribution in [1.29, 1.82) is 0 Å². The standard InChI is InChI=1S/C17H19FN4O3/c18-12-8-11(21-5-3-19-4-6-21)7-10-9-22(17(25)15(10)12)13-1-2-14(23)20-16(13)24/h7-8,13,19H,1-6,9H2,(H,20,23,24). The number of carbonyl (C=O) groups is 3. The van der Waals surface area contributed by atoms with Crippen LogP contribution in [0.3, 0.4) is 0 Å². The molecule has 0 saturated carbocycles. The molecule has 1 atom stereocenters. The fourth-order valence-electron chi connectivity index (χ4n) is 3.75. The van der Waals surface area contributed by atoms with Crippen molar-refractivity contribution in [2.24, 2.45) is 0 Å². The molecule has 132 valence electrons. The molecule has 3 aliphatic rings. The quantitative estimate of drug-likeness (QED) is 0.737. The van der Waals surface area contributed by atoms with Crippen LogP contribution in [0.15, 0.2) is 12.1 Å². The van der Waals surface area contributed by atoms with Gasteiger partial charge in [0.1, 0.15) is 11.9 Å². The summed E-state index contributed by atoms with van der Waals surface area (Å²) in [5.41, 5.74) is 1.41. The molecule has 4 rings (SSSR count). The van der Waals surface area contributed by atoms with Crippen molar-refractivity contribution in [3.63, 3.8) is 0 Å². The molecular weight excluding hydrogens is 327 g/mol. The number of piperidine rings is 1. The molecule has 3 aliphatic heterocycles. The van der Waals surface area contributed by atoms with Gasteiger partial charge in [-0.3, -0.25) is 19.7 Å². The van der Waals surface area contributed by atoms with Gasteiger partial charge in [-0.05, 0) is 24.1 Å². The van der Waals surface area contributed by atoms with Crippen LogP contribution in [0.4, 0.5) is 10.1 Å². The molecule has 0 aliphatic carbocycles. The van der Waals surface area contributed by atoms with Crippen LogP contribution in [0.25, 0.3) is 0 Å². The molecule has 3 heterocycles. The number of hydrogen-bond donors (Lipinski definition) is 2. The van der Waals surface area contributed by atoms with E-state index in [9.17, 15) is 18.8 Å². The lowest BCUT2D eigenvalue weighted by Gasteiger charge is -2.30. The number of benzene rings is 1. The zero-order valence-electron chi connectivity index (χ0n) is 13.7. The number of piperazine rings is 1. The smallest absolute Gasteiger partial charge is 0.258 e. The van der Waals surface area contributed by atoms with E-state index >= 15 is 0 Å². The molecule has 1 unspecified atom stereocenters. The van der Waals surface area contributed by atoms with Gasteiger partial charge < -0.3 is 15.1 Å². The summed E-state index contributed by atoms with van der Waals surface area (Å²) < 4.78 is 14.6. The highest BCUT2D eigenvalue weighted by atomic mass is 19.1. The predicted octanol–water partition coefficient (Wildman–Crippen LogP) is -0.00370. The average molecular weight is 346 g/mol. The molecule has 1 aromatic rings. The van der Waals surface area contributed by atoms with Crippen LogP contribution in [0.2, 0.25) is 0 Å². The van der Waals surface area contributed by atoms with Crippen molar-refractivity contribution in [3.8, 4) is 0 Å². The summed E-state index contributed by atoms with van der Waals surface area (Å²) >= 11 is 0. The minimum Gasteiger partial charge on any atom is -0.369 e. The summed E-state index contributed by atoms with van der Waals surface area (Å²) in [6.07, 6.45) is 0.460. The summed E-state index contributed by atoms with van der Waals surface area (Å²) in [6, 6.07) is 2.52. The minimum absolute atomic E-state index is 0.0450. The zero-order valence-corrected chi connectivity index (χ0v) is 13.7. The molecule has 2 N–H and O–H groups in total. The van der Waals surface area contributed by atoms with Gasteiger partial charge in [-0.2, -0.15) is 0 Å². The topological polar surface area (TPSA) is 81.8 Å². The Kier molecular flexibility index (Phi) is 3.91. The summed E-state index contributed by atoms with van der Waals surface area (Å²) in [6.45, 7) is 3.42. The number of nitrogens with zero attached hydrogens (tertiary/aromatic N) is 2. The molecule has 0 spiro atoms. The van der Waals surface area contributed by atoms with Gasteiger partial charge in [0, 0.05) is 44.8 Å². The number of amides is 3. The normalized spacial score (nSPS) is 23.7. The van der Waals surface area contributed by atoms with Crippen LogP contribution >= 0.6 is 0 Å². The van der Waals surface area contributed by atoms with Gasteiger partial charge in [0.25, 0.3) is 5.91 Å². The summed E-state index contributed by atoms with van der Waals surface area (Å²) in [4.78, 5) is 39.4. The van der Waals surface area contributed by atoms with E-state index in [0.717, 1.165) is 31.9 Å². The van der Waals surface area contributed by atoms with E-state index in [1.807, 2.05) is 6.07 Å². The van der Waals surface area contributed by atoms with Crippen molar-refractivity contribution in [1.82, 2.24) is 15.5 Å². The zero-order chi connectivity index (χ0) is 17.6. The third-order valence-corrected chi connectivity index (χ3v) is 5.04. The van der Waals surface area contributed by atoms with Crippen LogP contribution in [-0.2, 0) is 16.1 Å². The number of halogens is 1. The van der Waals surface area contributed by atoms with E-state index < -0.39 is 23.7 Å². The third kappa shape index (κ3) is 2.76. The second-order valence-corrected chi connectivity index (χ2v) is 6.60. The highest BCUT2D eigenvalue weighted by Crippen LogP contribution is 2.32. The second kappa shape index (κ2) is 6.11. The van der Waals surface area contributed by atoms with Crippen molar-refractivity contribution in [3.05, 3.63) is 29.1 Å². The Labute approximate surface area is 144 Å². The summed E-state index contributed by atoms with van der Waals surface area (Å²) in [5, 5.41) is 5.50. The Hall–Kier alpha value is -2.48. The minimum atomic E-state index is -0.723. The lowest BCUT2D eigenvalue weighted by molar-refractivity contribution is -0.136. The molecule has 8 heteroatoms. The van der Waals surface area contributed by atoms with E-state index in [-0.39, 0.29) is 30.9 Å². The van der Waals surface area contributed by atoms with Gasteiger partial charge >= 0.3 is 0 Å². The number of nitrogens with one attached hydrogen (secondary N) is 2. The first-order valence-electron chi connectivity index (χ1n) is 8.47. The first kappa shape index (κ1) is 16.0. The Morgan fingerprint density at radius 2 is 1.88 bits per heavy atom. The first-order chi connectivity index (χ1) is 12.0. The average Bonchev–Trinajstić information content (AvgIpc) is 2.93. The van der Waals surface area contributed by atoms with Gasteiger partial charge in [-0.1, -0.05) is 0 Å². The molecule has 2 saturated heterocycles. The van der Waals surface area contributed by atoms with E-state index in [0.29, 0.717) is 5.56 Å². The van der Waals surface area contributed by atoms with Crippen molar-refractivity contribution in [2.75, 3.05) is 31.1 Å². The van der Waals surface area contributed by atoms with Crippen LogP contribution in [0.5, 0.6) is 0 Å². The fourth-order valence-corrected chi connectivity index (χ4v) is 3.75. The van der Waals surface area contributed by atoms with Crippen LogP contribution in [-0.4, -0.2) is 54.8 Å². The lowest BCUT2D eigenvalue weighted by Crippen LogP contribution is -2.52. The van der Waals surface area contributed by atoms with Crippen molar-refractivity contribution in [2.45, 2.75) is 25.4 Å². The number of hydrogen-bond acceptors (Lipinski definition) is 5. The fraction of sp³-hybridized carbons (Fsp3) is 0.471. The number of fused-ring (bicyclic) bond motifs is 1. The number of carbonyl (C=O) groups excluding carboxylic acids is 3. The maximum absolute atomic E-state index is 14.6. The maximum Gasteiger partial charge on any atom is 0.258 e. The molecule has 0 bridgehead atoms. The molecule has 2 fully saturated rings. The van der Waals surface area contributed by atoms with Crippen LogP contribution in [0, 0.1) is 5.82 Å². The number of imide groups is 1. The van der Waals surface area contributed by atoms with Crippen LogP contribution < -0.4 is 15.5 Å². The van der Waals surface area contributed by atoms with Crippen molar-refractivity contribution >= 4 is 23.4 Å². The van der Waals surface area contributed by atoms with E-state index in [1.165, 1.54) is 11.0 Å². The van der Waals surface area contributed by atoms with Gasteiger partial charge in [-0.15, -0.1) is 0 Å². The Bertz CT molecular complexity index is 761. The van der Waals surface area contributed by atoms with E-state index in [2.05, 4.69) is 15.5 Å². The Balaban J connectivity index is 1.61. The Morgan fingerprint density at radius 3 is 2.60 bits per heavy atom. The predicted molar refractivity (Wildman–Crippen MR) is 87.5 cm³/mol. The molecule has 25 heavy (non-hydrogen) atoms. The summed E-state index contributed by atoms with van der Waals surface area (Å²) in [5.74, 6) is -1.85. The molecule has 3 amide bonds. The SMILES string of the molecule is O=C1CCC(N2Cc3cc(N4CCNCC4)cc(F)c3C2=O)C(=O)N1. The van der Waals surface area contributed by atoms with E-state index in [4.69, 9.17) is 0 Å². The number of rotatable bonds is 2. The lowest BCUT2D eigenvalue weighted by atomic mass is 10.0. The monoisotopic (exact) mass is 346 g/mol. The second-order valence-electron chi connectivity index (χ2n) is 6.60. The molecule has 7 nitrogen and oxygen atoms in total. The maximum atomic E-state index is 14.6. The molecule has 0 radical (unpaired) electrons. The highest BCUT2D eigenvalue weighted by molar-refractivity contribution is 6.05. The van der Waals surface area contributed by atoms with Crippen molar-refractivity contribution < 1.29 is 18.8 Å². The highest BCUT2D eigenvalue weighted by Gasteiger charge is 2.40. The molecule has 0 aromatic heterocycles. The Morgan fingerprint density at radius 1 is 1.12 bits per heavy atom. The molecular formula is C17H19FN4O3. The van der Waals surface area contributed by atoms with Gasteiger partial charge in [0.2, 0.25) is 11.8 Å². The first-order valence-corrected chi connectivity index (χ1v) is 8.47. The van der Waals surface area contributed by atoms with Crippen LogP contribution in [0.1, 0.15) is 28.8 Å². The summed E-state index contributed by atoms with van der Waals surface area (Å²) in [7, 11) is 0. The largest absolute Gasteiger partial charge is 0.369 e. The molecule has 1 aromatic carbocycles.